The molecule has 4 heteroatoms. The second-order valence-corrected chi connectivity index (χ2v) is 6.66. The van der Waals surface area contributed by atoms with Crippen LogP contribution in [0.2, 0.25) is 0 Å². The second kappa shape index (κ2) is 5.00. The largest absolute Gasteiger partial charge is 0.373 e. The predicted molar refractivity (Wildman–Crippen MR) is 84.9 cm³/mol. The summed E-state index contributed by atoms with van der Waals surface area (Å²) in [5, 5.41) is 7.85. The summed E-state index contributed by atoms with van der Waals surface area (Å²) in [5.74, 6) is 3.26. The van der Waals surface area contributed by atoms with Crippen LogP contribution in [0, 0.1) is 5.92 Å². The molecule has 112 valence electrons. The van der Waals surface area contributed by atoms with Gasteiger partial charge in [-0.25, -0.2) is 4.98 Å². The van der Waals surface area contributed by atoms with E-state index < -0.39 is 0 Å². The number of hydrogen-bond donors (Lipinski definition) is 1. The molecule has 0 radical (unpaired) electrons. The highest BCUT2D eigenvalue weighted by Crippen LogP contribution is 2.46. The first-order chi connectivity index (χ1) is 10.3. The van der Waals surface area contributed by atoms with E-state index in [1.165, 1.54) is 49.8 Å². The van der Waals surface area contributed by atoms with Crippen molar-refractivity contribution in [2.24, 2.45) is 5.92 Å². The fourth-order valence-electron chi connectivity index (χ4n) is 3.48. The maximum atomic E-state index is 5.05. The summed E-state index contributed by atoms with van der Waals surface area (Å²) < 4.78 is 1.98. The van der Waals surface area contributed by atoms with Crippen molar-refractivity contribution >= 4 is 11.5 Å². The number of fused-ring (bicyclic) bond motifs is 1. The highest BCUT2D eigenvalue weighted by atomic mass is 15.3. The minimum Gasteiger partial charge on any atom is -0.373 e. The number of rotatable bonds is 6. The first-order valence-electron chi connectivity index (χ1n) is 8.38. The quantitative estimate of drug-likeness (QED) is 0.873. The van der Waals surface area contributed by atoms with Crippen molar-refractivity contribution in [2.45, 2.75) is 57.3 Å². The van der Waals surface area contributed by atoms with Crippen molar-refractivity contribution in [3.8, 4) is 0 Å². The molecule has 0 amide bonds. The standard InChI is InChI=1S/C17H24N4/c1-3-4-13(11-5-6-11)15-9-16(18-2)21-17(20-15)14(10-19-21)12-7-8-12/h9-13,18H,3-8H2,1-2H3. The maximum absolute atomic E-state index is 5.05. The lowest BCUT2D eigenvalue weighted by Crippen LogP contribution is -2.09. The Bertz CT molecular complexity index is 652. The van der Waals surface area contributed by atoms with Gasteiger partial charge < -0.3 is 5.32 Å². The van der Waals surface area contributed by atoms with Crippen molar-refractivity contribution in [2.75, 3.05) is 12.4 Å². The fraction of sp³-hybridized carbons (Fsp3) is 0.647. The summed E-state index contributed by atoms with van der Waals surface area (Å²) in [6.45, 7) is 2.28. The molecular weight excluding hydrogens is 260 g/mol. The molecule has 1 unspecified atom stereocenters. The molecule has 2 fully saturated rings. The van der Waals surface area contributed by atoms with Crippen LogP contribution in [-0.4, -0.2) is 21.6 Å². The molecule has 2 aliphatic carbocycles. The zero-order chi connectivity index (χ0) is 14.4. The molecule has 4 rings (SSSR count). The Labute approximate surface area is 126 Å². The van der Waals surface area contributed by atoms with Gasteiger partial charge in [0.25, 0.3) is 0 Å². The van der Waals surface area contributed by atoms with E-state index in [0.717, 1.165) is 17.4 Å². The first-order valence-corrected chi connectivity index (χ1v) is 8.38. The molecule has 1 N–H and O–H groups in total. The Balaban J connectivity index is 1.82. The summed E-state index contributed by atoms with van der Waals surface area (Å²) in [5.41, 5.74) is 3.71. The Hall–Kier alpha value is -1.58. The van der Waals surface area contributed by atoms with Crippen LogP contribution in [0.15, 0.2) is 12.3 Å². The van der Waals surface area contributed by atoms with E-state index in [2.05, 4.69) is 23.4 Å². The molecule has 21 heavy (non-hydrogen) atoms. The predicted octanol–water partition coefficient (Wildman–Crippen LogP) is 3.94. The van der Waals surface area contributed by atoms with Crippen LogP contribution >= 0.6 is 0 Å². The normalized spacial score (nSPS) is 19.9. The molecule has 4 nitrogen and oxygen atoms in total. The number of hydrogen-bond acceptors (Lipinski definition) is 3. The zero-order valence-electron chi connectivity index (χ0n) is 13.0. The lowest BCUT2D eigenvalue weighted by atomic mass is 9.94. The van der Waals surface area contributed by atoms with Gasteiger partial charge >= 0.3 is 0 Å². The Morgan fingerprint density at radius 1 is 1.33 bits per heavy atom. The maximum Gasteiger partial charge on any atom is 0.161 e. The number of anilines is 1. The molecule has 0 saturated heterocycles. The lowest BCUT2D eigenvalue weighted by molar-refractivity contribution is 0.537. The van der Waals surface area contributed by atoms with Gasteiger partial charge in [-0.1, -0.05) is 13.3 Å². The van der Waals surface area contributed by atoms with E-state index in [0.29, 0.717) is 11.8 Å². The lowest BCUT2D eigenvalue weighted by Gasteiger charge is -2.17. The molecule has 1 atom stereocenters. The van der Waals surface area contributed by atoms with E-state index >= 15 is 0 Å². The van der Waals surface area contributed by atoms with E-state index in [9.17, 15) is 0 Å². The number of nitrogens with one attached hydrogen (secondary N) is 1. The highest BCUT2D eigenvalue weighted by molar-refractivity contribution is 5.56. The van der Waals surface area contributed by atoms with Crippen molar-refractivity contribution in [3.63, 3.8) is 0 Å². The molecule has 2 aromatic heterocycles. The van der Waals surface area contributed by atoms with Crippen molar-refractivity contribution in [3.05, 3.63) is 23.5 Å². The van der Waals surface area contributed by atoms with Crippen LogP contribution in [0.4, 0.5) is 5.82 Å². The SMILES string of the molecule is CCCC(c1cc(NC)n2ncc(C3CC3)c2n1)C1CC1. The van der Waals surface area contributed by atoms with Gasteiger partial charge in [0.1, 0.15) is 5.82 Å². The summed E-state index contributed by atoms with van der Waals surface area (Å²) in [6, 6.07) is 2.22. The monoisotopic (exact) mass is 284 g/mol. The van der Waals surface area contributed by atoms with E-state index in [-0.39, 0.29) is 0 Å². The number of nitrogens with zero attached hydrogens (tertiary/aromatic N) is 3. The molecule has 2 aromatic rings. The topological polar surface area (TPSA) is 42.2 Å². The Kier molecular flexibility index (Phi) is 3.12. The van der Waals surface area contributed by atoms with Gasteiger partial charge in [0.15, 0.2) is 5.65 Å². The third-order valence-corrected chi connectivity index (χ3v) is 4.96. The molecular formula is C17H24N4. The third kappa shape index (κ3) is 2.30. The minimum atomic E-state index is 0.633. The van der Waals surface area contributed by atoms with Gasteiger partial charge in [0.2, 0.25) is 0 Å². The van der Waals surface area contributed by atoms with Crippen molar-refractivity contribution in [1.29, 1.82) is 0 Å². The Morgan fingerprint density at radius 3 is 2.76 bits per heavy atom. The molecule has 0 aromatic carbocycles. The molecule has 0 spiro atoms. The van der Waals surface area contributed by atoms with E-state index in [4.69, 9.17) is 4.98 Å². The Morgan fingerprint density at radius 2 is 2.14 bits per heavy atom. The second-order valence-electron chi connectivity index (χ2n) is 6.66. The highest BCUT2D eigenvalue weighted by Gasteiger charge is 2.34. The average Bonchev–Trinajstić information content (AvgIpc) is 3.41. The summed E-state index contributed by atoms with van der Waals surface area (Å²) in [4.78, 5) is 5.05. The van der Waals surface area contributed by atoms with Gasteiger partial charge in [-0.05, 0) is 43.9 Å². The van der Waals surface area contributed by atoms with Crippen LogP contribution in [-0.2, 0) is 0 Å². The number of aromatic nitrogens is 3. The van der Waals surface area contributed by atoms with Gasteiger partial charge in [-0.15, -0.1) is 0 Å². The van der Waals surface area contributed by atoms with Crippen LogP contribution in [0.1, 0.15) is 68.5 Å². The summed E-state index contributed by atoms with van der Waals surface area (Å²) in [7, 11) is 1.98. The van der Waals surface area contributed by atoms with Crippen LogP contribution in [0.3, 0.4) is 0 Å². The minimum absolute atomic E-state index is 0.633. The zero-order valence-corrected chi connectivity index (χ0v) is 13.0. The fourth-order valence-corrected chi connectivity index (χ4v) is 3.48. The van der Waals surface area contributed by atoms with Crippen LogP contribution in [0.25, 0.3) is 5.65 Å². The summed E-state index contributed by atoms with van der Waals surface area (Å²) >= 11 is 0. The van der Waals surface area contributed by atoms with Crippen molar-refractivity contribution in [1.82, 2.24) is 14.6 Å². The van der Waals surface area contributed by atoms with Crippen LogP contribution < -0.4 is 5.32 Å². The molecule has 2 heterocycles. The summed E-state index contributed by atoms with van der Waals surface area (Å²) in [6.07, 6.45) is 9.85. The molecule has 0 aliphatic heterocycles. The van der Waals surface area contributed by atoms with Crippen LogP contribution in [0.5, 0.6) is 0 Å². The third-order valence-electron chi connectivity index (χ3n) is 4.96. The van der Waals surface area contributed by atoms with Gasteiger partial charge in [0, 0.05) is 30.3 Å². The van der Waals surface area contributed by atoms with E-state index in [1.54, 1.807) is 0 Å². The van der Waals surface area contributed by atoms with Crippen molar-refractivity contribution < 1.29 is 0 Å². The first kappa shape index (κ1) is 13.1. The smallest absolute Gasteiger partial charge is 0.161 e. The molecule has 2 saturated carbocycles. The molecule has 0 bridgehead atoms. The average molecular weight is 284 g/mol. The van der Waals surface area contributed by atoms with Gasteiger partial charge in [-0.3, -0.25) is 0 Å². The molecule has 2 aliphatic rings. The van der Waals surface area contributed by atoms with Gasteiger partial charge in [-0.2, -0.15) is 9.61 Å². The van der Waals surface area contributed by atoms with Gasteiger partial charge in [0.05, 0.1) is 6.20 Å². The van der Waals surface area contributed by atoms with E-state index in [1.807, 2.05) is 17.8 Å².